The lowest BCUT2D eigenvalue weighted by Gasteiger charge is -2.25. The number of hydrogen-bond donors (Lipinski definition) is 1. The van der Waals surface area contributed by atoms with E-state index in [9.17, 15) is 9.18 Å². The smallest absolute Gasteiger partial charge is 0.226 e. The zero-order chi connectivity index (χ0) is 21.5. The highest BCUT2D eigenvalue weighted by Crippen LogP contribution is 2.20. The van der Waals surface area contributed by atoms with Gasteiger partial charge in [0.15, 0.2) is 0 Å². The number of halogens is 2. The minimum Gasteiger partial charge on any atom is -0.354 e. The van der Waals surface area contributed by atoms with Crippen molar-refractivity contribution in [1.82, 2.24) is 20.4 Å². The summed E-state index contributed by atoms with van der Waals surface area (Å²) in [6, 6.07) is 13.5. The van der Waals surface area contributed by atoms with Crippen molar-refractivity contribution in [3.63, 3.8) is 0 Å². The SMILES string of the molecule is CN(C)C(CNC(=O)CCCc1nc(-c2ccc(Cl)cc2)no1)c1cccc(F)c1. The van der Waals surface area contributed by atoms with Gasteiger partial charge < -0.3 is 14.7 Å². The molecule has 158 valence electrons. The van der Waals surface area contributed by atoms with Crippen molar-refractivity contribution in [3.8, 4) is 11.4 Å². The Hall–Kier alpha value is -2.77. The highest BCUT2D eigenvalue weighted by molar-refractivity contribution is 6.30. The summed E-state index contributed by atoms with van der Waals surface area (Å²) in [5.74, 6) is 0.618. The van der Waals surface area contributed by atoms with E-state index in [2.05, 4.69) is 15.5 Å². The number of carbonyl (C=O) groups is 1. The molecule has 0 spiro atoms. The van der Waals surface area contributed by atoms with E-state index < -0.39 is 0 Å². The second kappa shape index (κ2) is 10.3. The molecule has 1 atom stereocenters. The van der Waals surface area contributed by atoms with Gasteiger partial charge in [-0.05, 0) is 62.5 Å². The van der Waals surface area contributed by atoms with Crippen LogP contribution in [-0.4, -0.2) is 41.6 Å². The lowest BCUT2D eigenvalue weighted by atomic mass is 10.1. The van der Waals surface area contributed by atoms with Gasteiger partial charge in [0.05, 0.1) is 6.04 Å². The van der Waals surface area contributed by atoms with E-state index in [1.54, 1.807) is 18.2 Å². The molecule has 2 aromatic carbocycles. The number of likely N-dealkylation sites (N-methyl/N-ethyl adjacent to an activating group) is 1. The third-order valence-corrected chi connectivity index (χ3v) is 4.97. The molecule has 0 radical (unpaired) electrons. The molecule has 1 aromatic heterocycles. The number of nitrogens with one attached hydrogen (secondary N) is 1. The van der Waals surface area contributed by atoms with E-state index in [-0.39, 0.29) is 17.8 Å². The molecule has 1 heterocycles. The van der Waals surface area contributed by atoms with Gasteiger partial charge in [0.25, 0.3) is 0 Å². The van der Waals surface area contributed by atoms with Crippen LogP contribution in [0.25, 0.3) is 11.4 Å². The maximum atomic E-state index is 13.5. The highest BCUT2D eigenvalue weighted by Gasteiger charge is 2.16. The van der Waals surface area contributed by atoms with Crippen LogP contribution in [0.4, 0.5) is 4.39 Å². The van der Waals surface area contributed by atoms with Gasteiger partial charge in [0.2, 0.25) is 17.6 Å². The fraction of sp³-hybridized carbons (Fsp3) is 0.318. The van der Waals surface area contributed by atoms with Crippen LogP contribution in [-0.2, 0) is 11.2 Å². The number of benzene rings is 2. The number of rotatable bonds is 9. The number of aromatic nitrogens is 2. The summed E-state index contributed by atoms with van der Waals surface area (Å²) in [6.07, 6.45) is 1.43. The fourth-order valence-electron chi connectivity index (χ4n) is 3.08. The Morgan fingerprint density at radius 1 is 1.23 bits per heavy atom. The quantitative estimate of drug-likeness (QED) is 0.549. The molecule has 1 N–H and O–H groups in total. The summed E-state index contributed by atoms with van der Waals surface area (Å²) >= 11 is 5.89. The molecule has 0 bridgehead atoms. The monoisotopic (exact) mass is 430 g/mol. The molecule has 0 saturated carbocycles. The van der Waals surface area contributed by atoms with E-state index >= 15 is 0 Å². The molecular weight excluding hydrogens is 407 g/mol. The Morgan fingerprint density at radius 2 is 2.00 bits per heavy atom. The molecule has 30 heavy (non-hydrogen) atoms. The van der Waals surface area contributed by atoms with Gasteiger partial charge in [0, 0.05) is 30.0 Å². The van der Waals surface area contributed by atoms with Crippen LogP contribution in [0.15, 0.2) is 53.1 Å². The predicted octanol–water partition coefficient (Wildman–Crippen LogP) is 4.27. The van der Waals surface area contributed by atoms with Crippen molar-refractivity contribution in [2.24, 2.45) is 0 Å². The van der Waals surface area contributed by atoms with E-state index in [1.807, 2.05) is 37.2 Å². The van der Waals surface area contributed by atoms with Crippen LogP contribution < -0.4 is 5.32 Å². The van der Waals surface area contributed by atoms with Crippen LogP contribution in [0.3, 0.4) is 0 Å². The molecule has 0 aliphatic rings. The van der Waals surface area contributed by atoms with Crippen molar-refractivity contribution >= 4 is 17.5 Å². The summed E-state index contributed by atoms with van der Waals surface area (Å²) in [7, 11) is 3.80. The average molecular weight is 431 g/mol. The van der Waals surface area contributed by atoms with E-state index in [0.29, 0.717) is 42.5 Å². The van der Waals surface area contributed by atoms with Crippen molar-refractivity contribution < 1.29 is 13.7 Å². The predicted molar refractivity (Wildman–Crippen MR) is 114 cm³/mol. The van der Waals surface area contributed by atoms with Gasteiger partial charge in [-0.1, -0.05) is 28.9 Å². The summed E-state index contributed by atoms with van der Waals surface area (Å²) in [5.41, 5.74) is 1.64. The Morgan fingerprint density at radius 3 is 2.70 bits per heavy atom. The summed E-state index contributed by atoms with van der Waals surface area (Å²) in [4.78, 5) is 18.5. The minimum atomic E-state index is -0.289. The van der Waals surface area contributed by atoms with Gasteiger partial charge in [-0.15, -0.1) is 0 Å². The number of carbonyl (C=O) groups excluding carboxylic acids is 1. The third-order valence-electron chi connectivity index (χ3n) is 4.71. The van der Waals surface area contributed by atoms with Crippen LogP contribution in [0.1, 0.15) is 30.3 Å². The summed E-state index contributed by atoms with van der Waals surface area (Å²) in [6.45, 7) is 0.399. The van der Waals surface area contributed by atoms with E-state index in [4.69, 9.17) is 16.1 Å². The highest BCUT2D eigenvalue weighted by atomic mass is 35.5. The van der Waals surface area contributed by atoms with Crippen LogP contribution in [0.2, 0.25) is 5.02 Å². The number of hydrogen-bond acceptors (Lipinski definition) is 5. The van der Waals surface area contributed by atoms with Crippen LogP contribution in [0.5, 0.6) is 0 Å². The first-order valence-corrected chi connectivity index (χ1v) is 10.1. The maximum absolute atomic E-state index is 13.5. The Balaban J connectivity index is 1.46. The molecule has 3 rings (SSSR count). The Labute approximate surface area is 180 Å². The van der Waals surface area contributed by atoms with Gasteiger partial charge in [-0.2, -0.15) is 4.98 Å². The molecule has 8 heteroatoms. The summed E-state index contributed by atoms with van der Waals surface area (Å²) in [5, 5.41) is 7.53. The lowest BCUT2D eigenvalue weighted by molar-refractivity contribution is -0.121. The van der Waals surface area contributed by atoms with E-state index in [0.717, 1.165) is 11.1 Å². The molecule has 3 aromatic rings. The standard InChI is InChI=1S/C22H24ClFN4O2/c1-28(2)19(16-5-3-6-18(24)13-16)14-25-20(29)7-4-8-21-26-22(27-30-21)15-9-11-17(23)12-10-15/h3,5-6,9-13,19H,4,7-8,14H2,1-2H3,(H,25,29). The molecule has 0 aliphatic carbocycles. The second-order valence-electron chi connectivity index (χ2n) is 7.21. The molecule has 6 nitrogen and oxygen atoms in total. The number of nitrogens with zero attached hydrogens (tertiary/aromatic N) is 3. The van der Waals surface area contributed by atoms with Crippen molar-refractivity contribution in [1.29, 1.82) is 0 Å². The first-order chi connectivity index (χ1) is 14.4. The number of amides is 1. The molecule has 1 amide bonds. The zero-order valence-corrected chi connectivity index (χ0v) is 17.7. The topological polar surface area (TPSA) is 71.3 Å². The summed E-state index contributed by atoms with van der Waals surface area (Å²) < 4.78 is 18.8. The van der Waals surface area contributed by atoms with Gasteiger partial charge in [0.1, 0.15) is 5.82 Å². The molecule has 1 unspecified atom stereocenters. The lowest BCUT2D eigenvalue weighted by Crippen LogP contribution is -2.34. The van der Waals surface area contributed by atoms with Crippen molar-refractivity contribution in [2.45, 2.75) is 25.3 Å². The van der Waals surface area contributed by atoms with Gasteiger partial charge in [-0.3, -0.25) is 4.79 Å². The molecule has 0 aliphatic heterocycles. The van der Waals surface area contributed by atoms with Gasteiger partial charge >= 0.3 is 0 Å². The zero-order valence-electron chi connectivity index (χ0n) is 16.9. The van der Waals surface area contributed by atoms with Crippen molar-refractivity contribution in [2.75, 3.05) is 20.6 Å². The maximum Gasteiger partial charge on any atom is 0.226 e. The second-order valence-corrected chi connectivity index (χ2v) is 7.65. The van der Waals surface area contributed by atoms with E-state index in [1.165, 1.54) is 12.1 Å². The fourth-order valence-corrected chi connectivity index (χ4v) is 3.21. The molecule has 0 fully saturated rings. The Bertz CT molecular complexity index is 975. The first-order valence-electron chi connectivity index (χ1n) is 9.69. The minimum absolute atomic E-state index is 0.0734. The number of aryl methyl sites for hydroxylation is 1. The third kappa shape index (κ3) is 6.11. The molecular formula is C22H24ClFN4O2. The van der Waals surface area contributed by atoms with Crippen LogP contribution in [0, 0.1) is 5.82 Å². The van der Waals surface area contributed by atoms with Crippen molar-refractivity contribution in [3.05, 3.63) is 70.8 Å². The Kier molecular flexibility index (Phi) is 7.54. The first kappa shape index (κ1) is 21.9. The average Bonchev–Trinajstić information content (AvgIpc) is 3.17. The normalized spacial score (nSPS) is 12.2. The van der Waals surface area contributed by atoms with Gasteiger partial charge in [-0.25, -0.2) is 4.39 Å². The largest absolute Gasteiger partial charge is 0.354 e. The van der Waals surface area contributed by atoms with Crippen LogP contribution >= 0.6 is 11.6 Å². The molecule has 0 saturated heterocycles.